The summed E-state index contributed by atoms with van der Waals surface area (Å²) in [5.74, 6) is -0.0252. The fraction of sp³-hybridized carbons (Fsp3) is 0.333. The Morgan fingerprint density at radius 1 is 1.17 bits per heavy atom. The predicted molar refractivity (Wildman–Crippen MR) is 111 cm³/mol. The molecule has 1 N–H and O–H groups in total. The Morgan fingerprint density at radius 2 is 1.97 bits per heavy atom. The van der Waals surface area contributed by atoms with E-state index in [1.165, 1.54) is 23.3 Å². The average molecular weight is 417 g/mol. The number of nitrogens with one attached hydrogen (secondary N) is 1. The minimum Gasteiger partial charge on any atom is -0.447 e. The maximum atomic E-state index is 13.2. The molecule has 0 aliphatic heterocycles. The van der Waals surface area contributed by atoms with Crippen LogP contribution in [-0.2, 0) is 19.6 Å². The van der Waals surface area contributed by atoms with Gasteiger partial charge in [-0.15, -0.1) is 11.3 Å². The summed E-state index contributed by atoms with van der Waals surface area (Å²) >= 11 is 1.68. The highest BCUT2D eigenvalue weighted by molar-refractivity contribution is 7.09. The van der Waals surface area contributed by atoms with Crippen LogP contribution < -0.4 is 5.32 Å². The lowest BCUT2D eigenvalue weighted by atomic mass is 10.2. The van der Waals surface area contributed by atoms with Gasteiger partial charge in [-0.2, -0.15) is 0 Å². The molecule has 0 aliphatic rings. The van der Waals surface area contributed by atoms with E-state index in [1.807, 2.05) is 30.4 Å². The molecule has 3 aromatic rings. The van der Waals surface area contributed by atoms with Crippen LogP contribution in [0, 0.1) is 5.82 Å². The molecule has 8 heteroatoms. The van der Waals surface area contributed by atoms with Crippen molar-refractivity contribution in [2.45, 2.75) is 19.6 Å². The fourth-order valence-electron chi connectivity index (χ4n) is 2.80. The van der Waals surface area contributed by atoms with Gasteiger partial charge < -0.3 is 14.6 Å². The fourth-order valence-corrected chi connectivity index (χ4v) is 3.55. The molecular weight excluding hydrogens is 391 g/mol. The van der Waals surface area contributed by atoms with Crippen LogP contribution in [0.1, 0.15) is 26.8 Å². The second-order valence-corrected chi connectivity index (χ2v) is 8.07. The van der Waals surface area contributed by atoms with Crippen molar-refractivity contribution in [2.24, 2.45) is 0 Å². The van der Waals surface area contributed by atoms with Crippen LogP contribution in [0.3, 0.4) is 0 Å². The molecule has 1 amide bonds. The summed E-state index contributed by atoms with van der Waals surface area (Å²) in [6, 6.07) is 10.5. The lowest BCUT2D eigenvalue weighted by Gasteiger charge is -2.20. The molecule has 0 saturated carbocycles. The number of nitrogens with zero attached hydrogens (tertiary/aromatic N) is 3. The zero-order valence-electron chi connectivity index (χ0n) is 16.6. The number of halogens is 1. The number of benzene rings is 1. The highest BCUT2D eigenvalue weighted by Crippen LogP contribution is 2.17. The maximum absolute atomic E-state index is 13.2. The van der Waals surface area contributed by atoms with Gasteiger partial charge in [-0.3, -0.25) is 9.69 Å². The van der Waals surface area contributed by atoms with Gasteiger partial charge in [0.1, 0.15) is 12.1 Å². The second-order valence-electron chi connectivity index (χ2n) is 7.04. The summed E-state index contributed by atoms with van der Waals surface area (Å²) in [5, 5.41) is 4.86. The lowest BCUT2D eigenvalue weighted by molar-refractivity contribution is 0.0946. The molecule has 0 atom stereocenters. The topological polar surface area (TPSA) is 61.6 Å². The highest BCUT2D eigenvalue weighted by Gasteiger charge is 2.16. The van der Waals surface area contributed by atoms with Crippen molar-refractivity contribution in [3.8, 4) is 0 Å². The Labute approximate surface area is 174 Å². The molecule has 0 fully saturated rings. The van der Waals surface area contributed by atoms with Gasteiger partial charge in [0.05, 0.1) is 6.54 Å². The standard InChI is InChI=1S/C21H25FN4O2S/c1-25(2)10-9-23-21(27)19-15-28-20(24-19)14-26(13-18-4-3-11-29-18)12-16-5-7-17(22)8-6-16/h3-8,11,15H,9-10,12-14H2,1-2H3,(H,23,27). The SMILES string of the molecule is CN(C)CCNC(=O)c1coc(CN(Cc2ccc(F)cc2)Cc2cccs2)n1. The minimum atomic E-state index is -0.254. The molecule has 6 nitrogen and oxygen atoms in total. The molecule has 0 radical (unpaired) electrons. The molecule has 0 bridgehead atoms. The van der Waals surface area contributed by atoms with E-state index in [1.54, 1.807) is 23.5 Å². The van der Waals surface area contributed by atoms with Crippen LogP contribution in [0.15, 0.2) is 52.5 Å². The number of amides is 1. The molecule has 1 aromatic carbocycles. The van der Waals surface area contributed by atoms with Crippen LogP contribution in [0.2, 0.25) is 0 Å². The highest BCUT2D eigenvalue weighted by atomic mass is 32.1. The van der Waals surface area contributed by atoms with Gasteiger partial charge in [0.25, 0.3) is 5.91 Å². The van der Waals surface area contributed by atoms with Gasteiger partial charge in [-0.25, -0.2) is 9.37 Å². The molecule has 3 rings (SSSR count). The van der Waals surface area contributed by atoms with Gasteiger partial charge in [-0.1, -0.05) is 18.2 Å². The smallest absolute Gasteiger partial charge is 0.273 e. The number of hydrogen-bond donors (Lipinski definition) is 1. The number of thiophene rings is 1. The molecule has 2 heterocycles. The molecule has 154 valence electrons. The zero-order valence-corrected chi connectivity index (χ0v) is 17.4. The number of hydrogen-bond acceptors (Lipinski definition) is 6. The number of likely N-dealkylation sites (N-methyl/N-ethyl adjacent to an activating group) is 1. The number of carbonyl (C=O) groups is 1. The van der Waals surface area contributed by atoms with Crippen LogP contribution in [-0.4, -0.2) is 47.9 Å². The van der Waals surface area contributed by atoms with Gasteiger partial charge in [-0.05, 0) is 43.2 Å². The number of carbonyl (C=O) groups excluding carboxylic acids is 1. The van der Waals surface area contributed by atoms with Gasteiger partial charge >= 0.3 is 0 Å². The van der Waals surface area contributed by atoms with Crippen molar-refractivity contribution in [1.82, 2.24) is 20.1 Å². The van der Waals surface area contributed by atoms with Crippen LogP contribution in [0.5, 0.6) is 0 Å². The first kappa shape index (κ1) is 21.2. The first-order valence-corrected chi connectivity index (χ1v) is 10.2. The predicted octanol–water partition coefficient (Wildman–Crippen LogP) is 3.37. The normalized spacial score (nSPS) is 11.3. The Bertz CT molecular complexity index is 894. The quantitative estimate of drug-likeness (QED) is 0.549. The third-order valence-electron chi connectivity index (χ3n) is 4.27. The van der Waals surface area contributed by atoms with Crippen molar-refractivity contribution in [3.63, 3.8) is 0 Å². The average Bonchev–Trinajstić information content (AvgIpc) is 3.35. The van der Waals surface area contributed by atoms with Crippen molar-refractivity contribution in [1.29, 1.82) is 0 Å². The Hall–Kier alpha value is -2.55. The third kappa shape index (κ3) is 6.77. The largest absolute Gasteiger partial charge is 0.447 e. The van der Waals surface area contributed by atoms with E-state index in [-0.39, 0.29) is 17.4 Å². The van der Waals surface area contributed by atoms with Crippen molar-refractivity contribution in [2.75, 3.05) is 27.2 Å². The van der Waals surface area contributed by atoms with Gasteiger partial charge in [0.15, 0.2) is 5.69 Å². The number of rotatable bonds is 10. The van der Waals surface area contributed by atoms with E-state index < -0.39 is 0 Å². The van der Waals surface area contributed by atoms with E-state index in [9.17, 15) is 9.18 Å². The van der Waals surface area contributed by atoms with E-state index in [0.29, 0.717) is 32.1 Å². The molecule has 0 unspecified atom stereocenters. The summed E-state index contributed by atoms with van der Waals surface area (Å²) in [6.45, 7) is 3.07. The first-order chi connectivity index (χ1) is 14.0. The Balaban J connectivity index is 1.64. The summed E-state index contributed by atoms with van der Waals surface area (Å²) < 4.78 is 18.7. The van der Waals surface area contributed by atoms with E-state index >= 15 is 0 Å². The summed E-state index contributed by atoms with van der Waals surface area (Å²) in [4.78, 5) is 21.9. The molecule has 0 spiro atoms. The van der Waals surface area contributed by atoms with Gasteiger partial charge in [0, 0.05) is 31.1 Å². The van der Waals surface area contributed by atoms with Gasteiger partial charge in [0.2, 0.25) is 5.89 Å². The van der Waals surface area contributed by atoms with E-state index in [0.717, 1.165) is 12.1 Å². The molecule has 29 heavy (non-hydrogen) atoms. The molecule has 0 saturated heterocycles. The van der Waals surface area contributed by atoms with E-state index in [4.69, 9.17) is 4.42 Å². The summed E-state index contributed by atoms with van der Waals surface area (Å²) in [5.41, 5.74) is 1.27. The third-order valence-corrected chi connectivity index (χ3v) is 5.13. The number of aromatic nitrogens is 1. The van der Waals surface area contributed by atoms with Crippen molar-refractivity contribution < 1.29 is 13.6 Å². The molecular formula is C21H25FN4O2S. The second kappa shape index (κ2) is 10.3. The maximum Gasteiger partial charge on any atom is 0.273 e. The van der Waals surface area contributed by atoms with Crippen molar-refractivity contribution in [3.05, 3.63) is 75.9 Å². The zero-order chi connectivity index (χ0) is 20.6. The number of oxazole rings is 1. The lowest BCUT2D eigenvalue weighted by Crippen LogP contribution is -2.31. The van der Waals surface area contributed by atoms with E-state index in [2.05, 4.69) is 21.3 Å². The summed E-state index contributed by atoms with van der Waals surface area (Å²) in [6.07, 6.45) is 1.39. The Kier molecular flexibility index (Phi) is 7.51. The van der Waals surface area contributed by atoms with Crippen LogP contribution >= 0.6 is 11.3 Å². The molecule has 0 aliphatic carbocycles. The minimum absolute atomic E-state index is 0.245. The first-order valence-electron chi connectivity index (χ1n) is 9.36. The molecule has 2 aromatic heterocycles. The van der Waals surface area contributed by atoms with Crippen LogP contribution in [0.4, 0.5) is 4.39 Å². The van der Waals surface area contributed by atoms with Crippen molar-refractivity contribution >= 4 is 17.2 Å². The van der Waals surface area contributed by atoms with Crippen LogP contribution in [0.25, 0.3) is 0 Å². The Morgan fingerprint density at radius 3 is 2.66 bits per heavy atom. The monoisotopic (exact) mass is 416 g/mol. The summed E-state index contributed by atoms with van der Waals surface area (Å²) in [7, 11) is 3.90.